The van der Waals surface area contributed by atoms with Crippen LogP contribution in [0.5, 0.6) is 0 Å². The number of nitrogens with zero attached hydrogens (tertiary/aromatic N) is 3. The zero-order valence-corrected chi connectivity index (χ0v) is 13.7. The number of hydrogen-bond acceptors (Lipinski definition) is 4. The lowest BCUT2D eigenvalue weighted by Gasteiger charge is -2.26. The Kier molecular flexibility index (Phi) is 3.77. The molecule has 0 spiro atoms. The Balaban J connectivity index is 1.93. The fourth-order valence-electron chi connectivity index (χ4n) is 2.65. The molecular formula is C14H19N3OS2. The summed E-state index contributed by atoms with van der Waals surface area (Å²) in [5.41, 5.74) is 0.997. The maximum Gasteiger partial charge on any atom is 0.264 e. The lowest BCUT2D eigenvalue weighted by Crippen LogP contribution is -2.38. The molecule has 1 aliphatic heterocycles. The Morgan fingerprint density at radius 3 is 3.00 bits per heavy atom. The maximum absolute atomic E-state index is 12.8. The van der Waals surface area contributed by atoms with E-state index in [0.717, 1.165) is 45.3 Å². The molecule has 20 heavy (non-hydrogen) atoms. The molecule has 108 valence electrons. The quantitative estimate of drug-likeness (QED) is 0.813. The fourth-order valence-corrected chi connectivity index (χ4v) is 4.77. The summed E-state index contributed by atoms with van der Waals surface area (Å²) >= 11 is 3.50. The van der Waals surface area contributed by atoms with Crippen molar-refractivity contribution in [2.75, 3.05) is 18.1 Å². The van der Waals surface area contributed by atoms with Gasteiger partial charge in [-0.2, -0.15) is 16.9 Å². The fraction of sp³-hybridized carbons (Fsp3) is 0.571. The number of thiophene rings is 1. The van der Waals surface area contributed by atoms with Crippen molar-refractivity contribution in [2.24, 2.45) is 7.05 Å². The molecule has 1 saturated heterocycles. The van der Waals surface area contributed by atoms with Gasteiger partial charge in [0.15, 0.2) is 0 Å². The molecule has 1 amide bonds. The van der Waals surface area contributed by atoms with Crippen molar-refractivity contribution >= 4 is 39.2 Å². The van der Waals surface area contributed by atoms with Crippen LogP contribution >= 0.6 is 23.1 Å². The number of thioether (sulfide) groups is 1. The topological polar surface area (TPSA) is 38.1 Å². The third-order valence-corrected chi connectivity index (χ3v) is 6.04. The standard InChI is InChI=1S/C14H19N3OS2/c1-9-4-6-19-7-5-17(9)13(18)12-8-11-10(2)15-16(3)14(11)20-12/h8-9H,4-7H2,1-3H3. The first-order chi connectivity index (χ1) is 9.58. The first-order valence-corrected chi connectivity index (χ1v) is 8.87. The average Bonchev–Trinajstić information content (AvgIpc) is 2.88. The van der Waals surface area contributed by atoms with E-state index < -0.39 is 0 Å². The number of rotatable bonds is 1. The van der Waals surface area contributed by atoms with Gasteiger partial charge in [-0.1, -0.05) is 0 Å². The second-order valence-electron chi connectivity index (χ2n) is 5.29. The highest BCUT2D eigenvalue weighted by Gasteiger charge is 2.25. The summed E-state index contributed by atoms with van der Waals surface area (Å²) in [6, 6.07) is 2.34. The first-order valence-electron chi connectivity index (χ1n) is 6.90. The Hall–Kier alpha value is -1.01. The SMILES string of the molecule is Cc1nn(C)c2sc(C(=O)N3CCSCCC3C)cc12. The lowest BCUT2D eigenvalue weighted by molar-refractivity contribution is 0.0711. The molecule has 1 unspecified atom stereocenters. The molecule has 4 nitrogen and oxygen atoms in total. The number of carbonyl (C=O) groups excluding carboxylic acids is 1. The number of fused-ring (bicyclic) bond motifs is 1. The summed E-state index contributed by atoms with van der Waals surface area (Å²) in [5, 5.41) is 5.50. The lowest BCUT2D eigenvalue weighted by atomic mass is 10.2. The summed E-state index contributed by atoms with van der Waals surface area (Å²) in [6.07, 6.45) is 1.09. The van der Waals surface area contributed by atoms with Crippen molar-refractivity contribution in [3.05, 3.63) is 16.6 Å². The van der Waals surface area contributed by atoms with Gasteiger partial charge in [-0.25, -0.2) is 0 Å². The molecule has 0 aromatic carbocycles. The van der Waals surface area contributed by atoms with Crippen LogP contribution in [0.3, 0.4) is 0 Å². The highest BCUT2D eigenvalue weighted by Crippen LogP contribution is 2.29. The van der Waals surface area contributed by atoms with Crippen LogP contribution in [0.1, 0.15) is 28.7 Å². The van der Waals surface area contributed by atoms with Crippen molar-refractivity contribution < 1.29 is 4.79 Å². The van der Waals surface area contributed by atoms with Gasteiger partial charge in [0.25, 0.3) is 5.91 Å². The summed E-state index contributed by atoms with van der Waals surface area (Å²) in [5.74, 6) is 2.38. The van der Waals surface area contributed by atoms with Crippen LogP contribution in [0.15, 0.2) is 6.07 Å². The van der Waals surface area contributed by atoms with Crippen LogP contribution in [0.25, 0.3) is 10.2 Å². The largest absolute Gasteiger partial charge is 0.334 e. The van der Waals surface area contributed by atoms with Crippen molar-refractivity contribution in [1.29, 1.82) is 0 Å². The molecule has 2 aromatic heterocycles. The molecular weight excluding hydrogens is 290 g/mol. The van der Waals surface area contributed by atoms with E-state index in [1.54, 1.807) is 11.3 Å². The van der Waals surface area contributed by atoms with Gasteiger partial charge in [-0.3, -0.25) is 9.48 Å². The smallest absolute Gasteiger partial charge is 0.264 e. The van der Waals surface area contributed by atoms with Crippen LogP contribution in [0.4, 0.5) is 0 Å². The zero-order chi connectivity index (χ0) is 14.3. The molecule has 1 fully saturated rings. The second-order valence-corrected chi connectivity index (χ2v) is 7.54. The van der Waals surface area contributed by atoms with Crippen molar-refractivity contribution in [3.63, 3.8) is 0 Å². The predicted molar refractivity (Wildman–Crippen MR) is 85.8 cm³/mol. The summed E-state index contributed by atoms with van der Waals surface area (Å²) in [7, 11) is 1.94. The third-order valence-electron chi connectivity index (χ3n) is 3.86. The van der Waals surface area contributed by atoms with Crippen LogP contribution in [-0.2, 0) is 7.05 Å². The summed E-state index contributed by atoms with van der Waals surface area (Å²) in [6.45, 7) is 5.01. The van der Waals surface area contributed by atoms with Crippen molar-refractivity contribution in [3.8, 4) is 0 Å². The molecule has 3 heterocycles. The minimum absolute atomic E-state index is 0.181. The van der Waals surface area contributed by atoms with Gasteiger partial charge >= 0.3 is 0 Å². The first kappa shape index (κ1) is 13.9. The van der Waals surface area contributed by atoms with Crippen LogP contribution in [0.2, 0.25) is 0 Å². The highest BCUT2D eigenvalue weighted by molar-refractivity contribution is 7.99. The van der Waals surface area contributed by atoms with E-state index in [9.17, 15) is 4.79 Å². The van der Waals surface area contributed by atoms with Gasteiger partial charge in [0.05, 0.1) is 10.6 Å². The Morgan fingerprint density at radius 2 is 2.25 bits per heavy atom. The molecule has 0 aliphatic carbocycles. The minimum atomic E-state index is 0.181. The van der Waals surface area contributed by atoms with Crippen molar-refractivity contribution in [2.45, 2.75) is 26.3 Å². The van der Waals surface area contributed by atoms with Gasteiger partial charge in [-0.15, -0.1) is 11.3 Å². The number of aryl methyl sites for hydroxylation is 2. The molecule has 6 heteroatoms. The van der Waals surface area contributed by atoms with Crippen LogP contribution < -0.4 is 0 Å². The molecule has 0 N–H and O–H groups in total. The van der Waals surface area contributed by atoms with E-state index in [1.165, 1.54) is 0 Å². The summed E-state index contributed by atoms with van der Waals surface area (Å²) in [4.78, 5) is 16.7. The number of hydrogen-bond donors (Lipinski definition) is 0. The normalized spacial score (nSPS) is 20.4. The van der Waals surface area contributed by atoms with Gasteiger partial charge in [-0.05, 0) is 32.1 Å². The zero-order valence-electron chi connectivity index (χ0n) is 12.0. The molecule has 1 aliphatic rings. The van der Waals surface area contributed by atoms with Gasteiger partial charge < -0.3 is 4.90 Å². The van der Waals surface area contributed by atoms with E-state index in [4.69, 9.17) is 0 Å². The number of aromatic nitrogens is 2. The van der Waals surface area contributed by atoms with E-state index in [1.807, 2.05) is 41.4 Å². The molecule has 0 radical (unpaired) electrons. The van der Waals surface area contributed by atoms with Gasteiger partial charge in [0.1, 0.15) is 4.83 Å². The average molecular weight is 309 g/mol. The minimum Gasteiger partial charge on any atom is -0.334 e. The molecule has 3 rings (SSSR count). The number of carbonyl (C=O) groups is 1. The predicted octanol–water partition coefficient (Wildman–Crippen LogP) is 2.91. The highest BCUT2D eigenvalue weighted by atomic mass is 32.2. The van der Waals surface area contributed by atoms with Crippen molar-refractivity contribution in [1.82, 2.24) is 14.7 Å². The van der Waals surface area contributed by atoms with Crippen LogP contribution in [0, 0.1) is 6.92 Å². The summed E-state index contributed by atoms with van der Waals surface area (Å²) < 4.78 is 1.87. The second kappa shape index (κ2) is 5.41. The Morgan fingerprint density at radius 1 is 1.45 bits per heavy atom. The van der Waals surface area contributed by atoms with Gasteiger partial charge in [0.2, 0.25) is 0 Å². The van der Waals surface area contributed by atoms with E-state index >= 15 is 0 Å². The molecule has 0 bridgehead atoms. The van der Waals surface area contributed by atoms with Crippen LogP contribution in [-0.4, -0.2) is 44.7 Å². The maximum atomic E-state index is 12.8. The molecule has 2 aromatic rings. The Labute approximate surface area is 127 Å². The monoisotopic (exact) mass is 309 g/mol. The Bertz CT molecular complexity index is 612. The van der Waals surface area contributed by atoms with Gasteiger partial charge in [0, 0.05) is 30.8 Å². The third kappa shape index (κ3) is 2.35. The molecule has 0 saturated carbocycles. The van der Waals surface area contributed by atoms with E-state index in [2.05, 4.69) is 12.0 Å². The van der Waals surface area contributed by atoms with E-state index in [-0.39, 0.29) is 5.91 Å². The molecule has 1 atom stereocenters. The van der Waals surface area contributed by atoms with E-state index in [0.29, 0.717) is 6.04 Å². The number of amides is 1.